The van der Waals surface area contributed by atoms with E-state index in [2.05, 4.69) is 24.1 Å². The highest BCUT2D eigenvalue weighted by atomic mass is 16.3. The maximum absolute atomic E-state index is 11.9. The summed E-state index contributed by atoms with van der Waals surface area (Å²) in [4.78, 5) is 16.3. The first-order valence-electron chi connectivity index (χ1n) is 7.51. The summed E-state index contributed by atoms with van der Waals surface area (Å²) in [5.41, 5.74) is 1.56. The van der Waals surface area contributed by atoms with Crippen LogP contribution in [0, 0.1) is 5.92 Å². The molecular formula is C16H23N3O2. The van der Waals surface area contributed by atoms with E-state index in [0.29, 0.717) is 6.54 Å². The van der Waals surface area contributed by atoms with Crippen LogP contribution in [-0.4, -0.2) is 33.0 Å². The lowest BCUT2D eigenvalue weighted by molar-refractivity contribution is -0.121. The molecular weight excluding hydrogens is 266 g/mol. The highest BCUT2D eigenvalue weighted by molar-refractivity contribution is 5.78. The average Bonchev–Trinajstić information content (AvgIpc) is 2.88. The highest BCUT2D eigenvalue weighted by Gasteiger charge is 2.16. The topological polar surface area (TPSA) is 66.6 Å². The Morgan fingerprint density at radius 3 is 2.81 bits per heavy atom. The molecule has 0 spiro atoms. The van der Waals surface area contributed by atoms with Gasteiger partial charge in [0, 0.05) is 18.9 Å². The van der Waals surface area contributed by atoms with Gasteiger partial charge in [0.15, 0.2) is 0 Å². The Hall–Kier alpha value is -1.88. The van der Waals surface area contributed by atoms with Gasteiger partial charge in [-0.25, -0.2) is 4.98 Å². The Balaban J connectivity index is 1.87. The molecule has 0 aromatic carbocycles. The second-order valence-electron chi connectivity index (χ2n) is 5.32. The average molecular weight is 289 g/mol. The number of rotatable bonds is 7. The fourth-order valence-electron chi connectivity index (χ4n) is 2.52. The fraction of sp³-hybridized carbons (Fsp3) is 0.500. The quantitative estimate of drug-likeness (QED) is 0.816. The molecule has 2 aromatic heterocycles. The SMILES string of the molecule is CCC(CC)C(O)CNC(=O)Cc1cn2ccccc2n1. The van der Waals surface area contributed by atoms with Gasteiger partial charge >= 0.3 is 0 Å². The Labute approximate surface area is 125 Å². The van der Waals surface area contributed by atoms with Crippen molar-refractivity contribution in [3.05, 3.63) is 36.3 Å². The number of carbonyl (C=O) groups is 1. The number of nitrogens with zero attached hydrogens (tertiary/aromatic N) is 2. The molecule has 0 fully saturated rings. The molecule has 0 aliphatic heterocycles. The van der Waals surface area contributed by atoms with Crippen LogP contribution >= 0.6 is 0 Å². The van der Waals surface area contributed by atoms with Crippen LogP contribution in [0.15, 0.2) is 30.6 Å². The maximum atomic E-state index is 11.9. The summed E-state index contributed by atoms with van der Waals surface area (Å²) in [6.07, 6.45) is 5.34. The third-order valence-corrected chi connectivity index (χ3v) is 3.86. The Kier molecular flexibility index (Phi) is 5.33. The summed E-state index contributed by atoms with van der Waals surface area (Å²) >= 11 is 0. The molecule has 1 atom stereocenters. The Bertz CT molecular complexity index is 557. The van der Waals surface area contributed by atoms with Gasteiger partial charge in [0.05, 0.1) is 18.2 Å². The van der Waals surface area contributed by atoms with E-state index in [0.717, 1.165) is 24.2 Å². The van der Waals surface area contributed by atoms with Crippen LogP contribution in [0.25, 0.3) is 5.65 Å². The number of hydrogen-bond donors (Lipinski definition) is 2. The van der Waals surface area contributed by atoms with E-state index < -0.39 is 6.10 Å². The first kappa shape index (κ1) is 15.5. The minimum Gasteiger partial charge on any atom is -0.391 e. The van der Waals surface area contributed by atoms with E-state index >= 15 is 0 Å². The van der Waals surface area contributed by atoms with E-state index in [1.54, 1.807) is 0 Å². The molecule has 2 N–H and O–H groups in total. The van der Waals surface area contributed by atoms with Gasteiger partial charge < -0.3 is 14.8 Å². The van der Waals surface area contributed by atoms with E-state index in [1.807, 2.05) is 35.0 Å². The first-order valence-corrected chi connectivity index (χ1v) is 7.51. The molecule has 0 aliphatic rings. The molecule has 0 aliphatic carbocycles. The van der Waals surface area contributed by atoms with Crippen LogP contribution in [0.1, 0.15) is 32.4 Å². The number of hydrogen-bond acceptors (Lipinski definition) is 3. The van der Waals surface area contributed by atoms with Gasteiger partial charge in [0.2, 0.25) is 5.91 Å². The van der Waals surface area contributed by atoms with Crippen LogP contribution in [0.5, 0.6) is 0 Å². The second-order valence-corrected chi connectivity index (χ2v) is 5.32. The number of pyridine rings is 1. The van der Waals surface area contributed by atoms with Gasteiger partial charge in [0.25, 0.3) is 0 Å². The molecule has 0 saturated carbocycles. The summed E-state index contributed by atoms with van der Waals surface area (Å²) in [7, 11) is 0. The normalized spacial score (nSPS) is 12.8. The van der Waals surface area contributed by atoms with Gasteiger partial charge in [-0.3, -0.25) is 4.79 Å². The molecule has 0 bridgehead atoms. The molecule has 5 nitrogen and oxygen atoms in total. The third-order valence-electron chi connectivity index (χ3n) is 3.86. The van der Waals surface area contributed by atoms with Crippen molar-refractivity contribution in [1.29, 1.82) is 0 Å². The third kappa shape index (κ3) is 4.04. The van der Waals surface area contributed by atoms with Crippen molar-refractivity contribution in [2.24, 2.45) is 5.92 Å². The lowest BCUT2D eigenvalue weighted by Crippen LogP contribution is -2.36. The Morgan fingerprint density at radius 1 is 1.38 bits per heavy atom. The van der Waals surface area contributed by atoms with E-state index in [9.17, 15) is 9.90 Å². The predicted molar refractivity (Wildman–Crippen MR) is 82.0 cm³/mol. The zero-order valence-corrected chi connectivity index (χ0v) is 12.6. The van der Waals surface area contributed by atoms with Crippen molar-refractivity contribution < 1.29 is 9.90 Å². The van der Waals surface area contributed by atoms with Crippen molar-refractivity contribution in [3.8, 4) is 0 Å². The molecule has 1 unspecified atom stereocenters. The molecule has 2 rings (SSSR count). The standard InChI is InChI=1S/C16H23N3O2/c1-3-12(4-2)14(20)10-17-16(21)9-13-11-19-8-6-5-7-15(19)18-13/h5-8,11-12,14,20H,3-4,9-10H2,1-2H3,(H,17,21). The number of fused-ring (bicyclic) bond motifs is 1. The lowest BCUT2D eigenvalue weighted by Gasteiger charge is -2.20. The minimum atomic E-state index is -0.481. The monoisotopic (exact) mass is 289 g/mol. The van der Waals surface area contributed by atoms with Crippen LogP contribution in [-0.2, 0) is 11.2 Å². The van der Waals surface area contributed by atoms with Gasteiger partial charge in [-0.15, -0.1) is 0 Å². The largest absolute Gasteiger partial charge is 0.391 e. The number of carbonyl (C=O) groups excluding carboxylic acids is 1. The molecule has 21 heavy (non-hydrogen) atoms. The molecule has 1 amide bonds. The molecule has 2 heterocycles. The van der Waals surface area contributed by atoms with Crippen molar-refractivity contribution in [3.63, 3.8) is 0 Å². The zero-order chi connectivity index (χ0) is 15.2. The Morgan fingerprint density at radius 2 is 2.14 bits per heavy atom. The van der Waals surface area contributed by atoms with Crippen LogP contribution in [0.2, 0.25) is 0 Å². The summed E-state index contributed by atoms with van der Waals surface area (Å²) in [5.74, 6) is 0.129. The summed E-state index contributed by atoms with van der Waals surface area (Å²) in [5, 5.41) is 12.8. The summed E-state index contributed by atoms with van der Waals surface area (Å²) in [6, 6.07) is 5.74. The van der Waals surface area contributed by atoms with Crippen molar-refractivity contribution in [2.45, 2.75) is 39.2 Å². The fourth-order valence-corrected chi connectivity index (χ4v) is 2.52. The predicted octanol–water partition coefficient (Wildman–Crippen LogP) is 1.79. The number of amides is 1. The van der Waals surface area contributed by atoms with Crippen LogP contribution in [0.3, 0.4) is 0 Å². The van der Waals surface area contributed by atoms with Gasteiger partial charge in [-0.05, 0) is 18.1 Å². The van der Waals surface area contributed by atoms with E-state index in [-0.39, 0.29) is 18.2 Å². The minimum absolute atomic E-state index is 0.108. The van der Waals surface area contributed by atoms with Gasteiger partial charge in [-0.2, -0.15) is 0 Å². The smallest absolute Gasteiger partial charge is 0.226 e. The number of nitrogens with one attached hydrogen (secondary N) is 1. The van der Waals surface area contributed by atoms with Gasteiger partial charge in [0.1, 0.15) is 5.65 Å². The van der Waals surface area contributed by atoms with Crippen molar-refractivity contribution >= 4 is 11.6 Å². The molecule has 114 valence electrons. The zero-order valence-electron chi connectivity index (χ0n) is 12.6. The second kappa shape index (κ2) is 7.22. The number of aromatic nitrogens is 2. The van der Waals surface area contributed by atoms with Gasteiger partial charge in [-0.1, -0.05) is 32.8 Å². The van der Waals surface area contributed by atoms with E-state index in [4.69, 9.17) is 0 Å². The number of aliphatic hydroxyl groups is 1. The summed E-state index contributed by atoms with van der Waals surface area (Å²) < 4.78 is 1.89. The van der Waals surface area contributed by atoms with E-state index in [1.165, 1.54) is 0 Å². The molecule has 0 saturated heterocycles. The first-order chi connectivity index (χ1) is 10.1. The molecule has 2 aromatic rings. The van der Waals surface area contributed by atoms with Crippen LogP contribution < -0.4 is 5.32 Å². The van der Waals surface area contributed by atoms with Crippen molar-refractivity contribution in [1.82, 2.24) is 14.7 Å². The number of imidazole rings is 1. The van der Waals surface area contributed by atoms with Crippen LogP contribution in [0.4, 0.5) is 0 Å². The number of aliphatic hydroxyl groups excluding tert-OH is 1. The molecule has 0 radical (unpaired) electrons. The van der Waals surface area contributed by atoms with Crippen molar-refractivity contribution in [2.75, 3.05) is 6.54 Å². The highest BCUT2D eigenvalue weighted by Crippen LogP contribution is 2.12. The molecule has 5 heteroatoms. The lowest BCUT2D eigenvalue weighted by atomic mass is 9.96. The summed E-state index contributed by atoms with van der Waals surface area (Å²) in [6.45, 7) is 4.41. The maximum Gasteiger partial charge on any atom is 0.226 e.